The SMILES string of the molecule is C[C@H](NC(=O)[C@H](C)NC(=O)[C@H](C)NC(=O)[C@H](C)NC(=O)[C@@H](N)[C@@H](C)O)C(=O)O. The highest BCUT2D eigenvalue weighted by Gasteiger charge is 2.26. The predicted molar refractivity (Wildman–Crippen MR) is 97.7 cm³/mol. The summed E-state index contributed by atoms with van der Waals surface area (Å²) >= 11 is 0. The van der Waals surface area contributed by atoms with Gasteiger partial charge in [-0.15, -0.1) is 0 Å². The van der Waals surface area contributed by atoms with Gasteiger partial charge in [-0.2, -0.15) is 0 Å². The Morgan fingerprint density at radius 2 is 0.929 bits per heavy atom. The second kappa shape index (κ2) is 11.2. The average molecular weight is 403 g/mol. The number of nitrogens with two attached hydrogens (primary N) is 1. The van der Waals surface area contributed by atoms with Crippen molar-refractivity contribution < 1.29 is 34.2 Å². The minimum Gasteiger partial charge on any atom is -0.480 e. The maximum absolute atomic E-state index is 12.1. The Morgan fingerprint density at radius 1 is 0.643 bits per heavy atom. The van der Waals surface area contributed by atoms with Crippen LogP contribution in [0.25, 0.3) is 0 Å². The lowest BCUT2D eigenvalue weighted by molar-refractivity contribution is -0.141. The number of hydrogen-bond acceptors (Lipinski definition) is 7. The molecule has 0 aromatic carbocycles. The van der Waals surface area contributed by atoms with E-state index >= 15 is 0 Å². The summed E-state index contributed by atoms with van der Waals surface area (Å²) in [5.74, 6) is -4.01. The molecule has 0 heterocycles. The molecule has 160 valence electrons. The molecule has 0 radical (unpaired) electrons. The van der Waals surface area contributed by atoms with Crippen LogP contribution in [-0.4, -0.2) is 76.1 Å². The van der Waals surface area contributed by atoms with Crippen LogP contribution in [0.5, 0.6) is 0 Å². The zero-order valence-corrected chi connectivity index (χ0v) is 16.5. The van der Waals surface area contributed by atoms with Crippen LogP contribution in [0.1, 0.15) is 34.6 Å². The van der Waals surface area contributed by atoms with Crippen molar-refractivity contribution in [3.63, 3.8) is 0 Å². The molecule has 12 nitrogen and oxygen atoms in total. The highest BCUT2D eigenvalue weighted by molar-refractivity contribution is 5.94. The fraction of sp³-hybridized carbons (Fsp3) is 0.688. The van der Waals surface area contributed by atoms with Gasteiger partial charge in [0.05, 0.1) is 6.10 Å². The van der Waals surface area contributed by atoms with Crippen molar-refractivity contribution >= 4 is 29.6 Å². The Balaban J connectivity index is 4.60. The smallest absolute Gasteiger partial charge is 0.325 e. The van der Waals surface area contributed by atoms with Crippen LogP contribution in [0.2, 0.25) is 0 Å². The van der Waals surface area contributed by atoms with Gasteiger partial charge >= 0.3 is 5.97 Å². The van der Waals surface area contributed by atoms with E-state index in [9.17, 15) is 29.1 Å². The molecule has 4 amide bonds. The van der Waals surface area contributed by atoms with Crippen LogP contribution >= 0.6 is 0 Å². The lowest BCUT2D eigenvalue weighted by atomic mass is 10.1. The van der Waals surface area contributed by atoms with Crippen molar-refractivity contribution in [2.24, 2.45) is 5.73 Å². The summed E-state index contributed by atoms with van der Waals surface area (Å²) < 4.78 is 0. The van der Waals surface area contributed by atoms with Crippen molar-refractivity contribution in [1.82, 2.24) is 21.3 Å². The first-order chi connectivity index (χ1) is 12.8. The van der Waals surface area contributed by atoms with Crippen molar-refractivity contribution in [2.75, 3.05) is 0 Å². The number of carboxylic acids is 1. The minimum atomic E-state index is -1.22. The van der Waals surface area contributed by atoms with Gasteiger partial charge in [0.25, 0.3) is 0 Å². The number of nitrogens with one attached hydrogen (secondary N) is 4. The molecule has 0 spiro atoms. The molecule has 0 aromatic heterocycles. The van der Waals surface area contributed by atoms with Crippen LogP contribution in [0.4, 0.5) is 0 Å². The first-order valence-electron chi connectivity index (χ1n) is 8.65. The fourth-order valence-electron chi connectivity index (χ4n) is 1.80. The molecule has 8 N–H and O–H groups in total. The molecule has 6 atom stereocenters. The van der Waals surface area contributed by atoms with E-state index in [1.807, 2.05) is 0 Å². The Bertz CT molecular complexity index is 610. The summed E-state index contributed by atoms with van der Waals surface area (Å²) in [5, 5.41) is 27.2. The summed E-state index contributed by atoms with van der Waals surface area (Å²) in [6.45, 7) is 6.70. The third-order valence-electron chi connectivity index (χ3n) is 3.81. The lowest BCUT2D eigenvalue weighted by Gasteiger charge is -2.22. The fourth-order valence-corrected chi connectivity index (χ4v) is 1.80. The molecular weight excluding hydrogens is 374 g/mol. The van der Waals surface area contributed by atoms with Crippen LogP contribution in [0.15, 0.2) is 0 Å². The molecule has 0 bridgehead atoms. The minimum absolute atomic E-state index is 0.676. The van der Waals surface area contributed by atoms with Gasteiger partial charge in [-0.25, -0.2) is 0 Å². The molecule has 0 fully saturated rings. The van der Waals surface area contributed by atoms with Gasteiger partial charge in [-0.3, -0.25) is 24.0 Å². The van der Waals surface area contributed by atoms with Gasteiger partial charge in [0.2, 0.25) is 23.6 Å². The average Bonchev–Trinajstić information content (AvgIpc) is 2.59. The Kier molecular flexibility index (Phi) is 10.1. The van der Waals surface area contributed by atoms with Crippen LogP contribution in [0, 0.1) is 0 Å². The van der Waals surface area contributed by atoms with E-state index in [0.717, 1.165) is 0 Å². The number of rotatable bonds is 10. The third kappa shape index (κ3) is 8.31. The van der Waals surface area contributed by atoms with Gasteiger partial charge in [0, 0.05) is 0 Å². The first-order valence-corrected chi connectivity index (χ1v) is 8.65. The number of carbonyl (C=O) groups is 5. The topological polar surface area (TPSA) is 200 Å². The quantitative estimate of drug-likeness (QED) is 0.198. The molecule has 12 heteroatoms. The molecule has 0 aliphatic heterocycles. The number of aliphatic hydroxyl groups is 1. The molecule has 0 aliphatic carbocycles. The summed E-state index contributed by atoms with van der Waals surface area (Å²) in [4.78, 5) is 58.5. The maximum Gasteiger partial charge on any atom is 0.325 e. The summed E-state index contributed by atoms with van der Waals surface area (Å²) in [7, 11) is 0. The summed E-state index contributed by atoms with van der Waals surface area (Å²) in [5.41, 5.74) is 5.46. The molecule has 0 rings (SSSR count). The first kappa shape index (κ1) is 25.3. The zero-order chi connectivity index (χ0) is 22.2. The second-order valence-electron chi connectivity index (χ2n) is 6.53. The lowest BCUT2D eigenvalue weighted by Crippen LogP contribution is -2.57. The number of aliphatic hydroxyl groups excluding tert-OH is 1. The Labute approximate surface area is 162 Å². The van der Waals surface area contributed by atoms with Crippen LogP contribution in [-0.2, 0) is 24.0 Å². The van der Waals surface area contributed by atoms with Crippen molar-refractivity contribution in [3.05, 3.63) is 0 Å². The molecule has 0 aromatic rings. The van der Waals surface area contributed by atoms with Gasteiger partial charge in [0.15, 0.2) is 0 Å². The number of amides is 4. The third-order valence-corrected chi connectivity index (χ3v) is 3.81. The molecule has 0 saturated heterocycles. The molecule has 0 saturated carbocycles. The Morgan fingerprint density at radius 3 is 1.21 bits per heavy atom. The van der Waals surface area contributed by atoms with Gasteiger partial charge in [-0.05, 0) is 34.6 Å². The van der Waals surface area contributed by atoms with E-state index in [4.69, 9.17) is 10.8 Å². The van der Waals surface area contributed by atoms with Crippen molar-refractivity contribution in [3.8, 4) is 0 Å². The summed E-state index contributed by atoms with van der Waals surface area (Å²) in [6.07, 6.45) is -1.10. The molecule has 0 unspecified atom stereocenters. The Hall–Kier alpha value is -2.73. The highest BCUT2D eigenvalue weighted by Crippen LogP contribution is 1.94. The monoisotopic (exact) mass is 403 g/mol. The van der Waals surface area contributed by atoms with E-state index < -0.39 is 65.9 Å². The van der Waals surface area contributed by atoms with Gasteiger partial charge in [0.1, 0.15) is 30.2 Å². The largest absolute Gasteiger partial charge is 0.480 e. The predicted octanol–water partition coefficient (Wildman–Crippen LogP) is -3.20. The number of aliphatic carboxylic acids is 1. The van der Waals surface area contributed by atoms with E-state index in [-0.39, 0.29) is 0 Å². The van der Waals surface area contributed by atoms with Crippen molar-refractivity contribution in [2.45, 2.75) is 70.9 Å². The van der Waals surface area contributed by atoms with E-state index in [1.54, 1.807) is 0 Å². The second-order valence-corrected chi connectivity index (χ2v) is 6.53. The standard InChI is InChI=1S/C16H29N5O7/c1-6(12(23)19-7(2)14(25)21-9(4)16(27)28)18-13(24)8(3)20-15(26)11(17)10(5)22/h6-11,22H,17H2,1-5H3,(H,18,24)(H,19,23)(H,20,26)(H,21,25)(H,27,28)/t6-,7-,8-,9-,10+,11-/m0/s1. The van der Waals surface area contributed by atoms with E-state index in [2.05, 4.69) is 21.3 Å². The van der Waals surface area contributed by atoms with E-state index in [1.165, 1.54) is 34.6 Å². The highest BCUT2D eigenvalue weighted by atomic mass is 16.4. The van der Waals surface area contributed by atoms with Crippen LogP contribution < -0.4 is 27.0 Å². The van der Waals surface area contributed by atoms with E-state index in [0.29, 0.717) is 0 Å². The summed E-state index contributed by atoms with van der Waals surface area (Å²) in [6, 6.07) is -5.42. The number of carbonyl (C=O) groups excluding carboxylic acids is 4. The normalized spacial score (nSPS) is 17.1. The van der Waals surface area contributed by atoms with Crippen LogP contribution in [0.3, 0.4) is 0 Å². The van der Waals surface area contributed by atoms with Gasteiger partial charge in [-0.1, -0.05) is 0 Å². The molecule has 0 aliphatic rings. The molecular formula is C16H29N5O7. The number of hydrogen-bond donors (Lipinski definition) is 7. The van der Waals surface area contributed by atoms with Gasteiger partial charge < -0.3 is 37.2 Å². The molecule has 28 heavy (non-hydrogen) atoms. The maximum atomic E-state index is 12.1. The number of carboxylic acid groups (broad SMARTS) is 1. The van der Waals surface area contributed by atoms with Crippen molar-refractivity contribution in [1.29, 1.82) is 0 Å². The zero-order valence-electron chi connectivity index (χ0n) is 16.5.